The predicted octanol–water partition coefficient (Wildman–Crippen LogP) is 8.39. The van der Waals surface area contributed by atoms with E-state index < -0.39 is 30.4 Å². The van der Waals surface area contributed by atoms with Crippen LogP contribution in [0.2, 0.25) is 0 Å². The summed E-state index contributed by atoms with van der Waals surface area (Å²) in [4.78, 5) is 12.7. The smallest absolute Gasteiger partial charge is 0.460 e. The number of carbonyl (C=O) groups excluding carboxylic acids is 1. The Bertz CT molecular complexity index is 1010. The van der Waals surface area contributed by atoms with Crippen molar-refractivity contribution in [1.29, 1.82) is 0 Å². The molecule has 2 unspecified atom stereocenters. The molecule has 0 bridgehead atoms. The average molecular weight is 587 g/mol. The van der Waals surface area contributed by atoms with Crippen LogP contribution < -0.4 is 9.47 Å². The fourth-order valence-corrected chi connectivity index (χ4v) is 5.94. The minimum absolute atomic E-state index is 0.103. The monoisotopic (exact) mass is 586 g/mol. The second-order valence-electron chi connectivity index (χ2n) is 11.3. The number of hydrogen-bond acceptors (Lipinski definition) is 5. The molecule has 2 aliphatic carbocycles. The van der Waals surface area contributed by atoms with E-state index in [0.29, 0.717) is 17.8 Å². The van der Waals surface area contributed by atoms with E-state index in [-0.39, 0.29) is 37.1 Å². The van der Waals surface area contributed by atoms with Gasteiger partial charge in [0.25, 0.3) is 0 Å². The van der Waals surface area contributed by atoms with Gasteiger partial charge in [-0.25, -0.2) is 0 Å². The maximum Gasteiger partial charge on any atom is 0.573 e. The first-order valence-corrected chi connectivity index (χ1v) is 14.6. The summed E-state index contributed by atoms with van der Waals surface area (Å²) in [5.74, 6) is 0.465. The Balaban J connectivity index is 1.15. The predicted molar refractivity (Wildman–Crippen MR) is 142 cm³/mol. The molecule has 1 aliphatic heterocycles. The summed E-state index contributed by atoms with van der Waals surface area (Å²) in [5.41, 5.74) is 0. The van der Waals surface area contributed by atoms with E-state index in [2.05, 4.69) is 36.0 Å². The highest BCUT2D eigenvalue weighted by molar-refractivity contribution is 5.72. The lowest BCUT2D eigenvalue weighted by Crippen LogP contribution is -2.46. The molecule has 41 heavy (non-hydrogen) atoms. The van der Waals surface area contributed by atoms with Gasteiger partial charge in [-0.15, -0.1) is 13.2 Å². The molecular formula is C31H39F5O5. The summed E-state index contributed by atoms with van der Waals surface area (Å²) < 4.78 is 85.4. The Hall–Kier alpha value is -2.62. The van der Waals surface area contributed by atoms with Gasteiger partial charge < -0.3 is 18.9 Å². The molecule has 4 rings (SSSR count). The Morgan fingerprint density at radius 3 is 1.76 bits per heavy atom. The van der Waals surface area contributed by atoms with Crippen molar-refractivity contribution in [1.82, 2.24) is 0 Å². The Labute approximate surface area is 238 Å². The van der Waals surface area contributed by atoms with Crippen molar-refractivity contribution in [3.05, 3.63) is 48.6 Å². The van der Waals surface area contributed by atoms with Gasteiger partial charge in [-0.2, -0.15) is 8.78 Å². The number of hydrogen-bond donors (Lipinski definition) is 0. The van der Waals surface area contributed by atoms with Crippen LogP contribution in [0.3, 0.4) is 0 Å². The highest BCUT2D eigenvalue weighted by atomic mass is 19.4. The number of rotatable bonds is 9. The van der Waals surface area contributed by atoms with Crippen LogP contribution in [0.25, 0.3) is 0 Å². The van der Waals surface area contributed by atoms with E-state index in [0.717, 1.165) is 49.9 Å². The molecule has 0 spiro atoms. The van der Waals surface area contributed by atoms with Crippen molar-refractivity contribution < 1.29 is 45.7 Å². The third-order valence-electron chi connectivity index (χ3n) is 8.24. The molecule has 0 aromatic heterocycles. The third kappa shape index (κ3) is 9.72. The number of esters is 1. The molecular weight excluding hydrogens is 547 g/mol. The van der Waals surface area contributed by atoms with Gasteiger partial charge in [0.15, 0.2) is 6.10 Å². The summed E-state index contributed by atoms with van der Waals surface area (Å²) >= 11 is 0. The highest BCUT2D eigenvalue weighted by Gasteiger charge is 2.46. The molecule has 1 saturated heterocycles. The van der Waals surface area contributed by atoms with Crippen LogP contribution in [0.4, 0.5) is 22.0 Å². The van der Waals surface area contributed by atoms with Crippen molar-refractivity contribution >= 4 is 5.97 Å². The van der Waals surface area contributed by atoms with Gasteiger partial charge in [-0.05, 0) is 113 Å². The number of benzene rings is 1. The van der Waals surface area contributed by atoms with Crippen molar-refractivity contribution in [3.63, 3.8) is 0 Å². The standard InChI is InChI=1S/C31H39F5O5/c1-2-3-21-4-6-22(7-5-21)8-9-23-10-12-24(13-11-23)29(37)39-27-18-19-28(38-20-27)30(32,33)40-25-14-16-26(17-15-25)41-31(34,35)36/h2-3,8-9,14-17,21-24,27-28H,4-7,10-13,18-20H2,1H3/b3-2+,9-8+. The van der Waals surface area contributed by atoms with Crippen LogP contribution in [0.15, 0.2) is 48.6 Å². The van der Waals surface area contributed by atoms with Crippen LogP contribution in [0, 0.1) is 23.7 Å². The molecule has 1 aromatic rings. The maximum absolute atomic E-state index is 14.6. The van der Waals surface area contributed by atoms with E-state index >= 15 is 0 Å². The molecule has 0 amide bonds. The summed E-state index contributed by atoms with van der Waals surface area (Å²) in [6.45, 7) is 1.90. The summed E-state index contributed by atoms with van der Waals surface area (Å²) in [6, 6.07) is 3.70. The lowest BCUT2D eigenvalue weighted by molar-refractivity contribution is -0.275. The number of alkyl halides is 5. The topological polar surface area (TPSA) is 54.0 Å². The molecule has 5 nitrogen and oxygen atoms in total. The Morgan fingerprint density at radius 1 is 0.756 bits per heavy atom. The van der Waals surface area contributed by atoms with E-state index in [9.17, 15) is 26.7 Å². The molecule has 1 aromatic carbocycles. The van der Waals surface area contributed by atoms with Gasteiger partial charge in [-0.1, -0.05) is 24.3 Å². The molecule has 3 fully saturated rings. The van der Waals surface area contributed by atoms with Gasteiger partial charge in [0.05, 0.1) is 12.5 Å². The Morgan fingerprint density at radius 2 is 1.27 bits per heavy atom. The molecule has 10 heteroatoms. The average Bonchev–Trinajstić information content (AvgIpc) is 2.93. The minimum Gasteiger partial charge on any atom is -0.460 e. The zero-order chi connectivity index (χ0) is 29.5. The van der Waals surface area contributed by atoms with E-state index in [4.69, 9.17) is 14.2 Å². The van der Waals surface area contributed by atoms with E-state index in [1.54, 1.807) is 0 Å². The van der Waals surface area contributed by atoms with Gasteiger partial charge in [0.2, 0.25) is 0 Å². The van der Waals surface area contributed by atoms with E-state index in [1.807, 2.05) is 0 Å². The number of ether oxygens (including phenoxy) is 4. The zero-order valence-corrected chi connectivity index (χ0v) is 23.3. The summed E-state index contributed by atoms with van der Waals surface area (Å²) in [5, 5.41) is 0. The lowest BCUT2D eigenvalue weighted by Gasteiger charge is -2.34. The molecule has 228 valence electrons. The number of allylic oxidation sites excluding steroid dienone is 4. The first-order valence-electron chi connectivity index (χ1n) is 14.6. The Kier molecular flexibility index (Phi) is 10.7. The third-order valence-corrected chi connectivity index (χ3v) is 8.24. The zero-order valence-electron chi connectivity index (χ0n) is 23.3. The highest BCUT2D eigenvalue weighted by Crippen LogP contribution is 2.36. The molecule has 2 atom stereocenters. The van der Waals surface area contributed by atoms with Crippen molar-refractivity contribution in [2.24, 2.45) is 23.7 Å². The SMILES string of the molecule is C/C=C/C1CCC(/C=C/C2CCC(C(=O)OC3CCC(C(F)(F)Oc4ccc(OC(F)(F)F)cc4)OC3)CC2)CC1. The molecule has 2 saturated carbocycles. The minimum atomic E-state index is -4.88. The van der Waals surface area contributed by atoms with Crippen molar-refractivity contribution in [2.45, 2.75) is 95.8 Å². The fraction of sp³-hybridized carbons (Fsp3) is 0.645. The lowest BCUT2D eigenvalue weighted by atomic mass is 9.79. The van der Waals surface area contributed by atoms with Crippen LogP contribution in [-0.4, -0.2) is 37.3 Å². The van der Waals surface area contributed by atoms with Crippen molar-refractivity contribution in [2.75, 3.05) is 6.61 Å². The number of halogens is 5. The van der Waals surface area contributed by atoms with Crippen molar-refractivity contribution in [3.8, 4) is 11.5 Å². The second kappa shape index (κ2) is 14.0. The second-order valence-corrected chi connectivity index (χ2v) is 11.3. The number of carbonyl (C=O) groups is 1. The van der Waals surface area contributed by atoms with Crippen LogP contribution in [-0.2, 0) is 14.3 Å². The van der Waals surface area contributed by atoms with Crippen LogP contribution in [0.1, 0.15) is 71.1 Å². The maximum atomic E-state index is 14.6. The van der Waals surface area contributed by atoms with Gasteiger partial charge >= 0.3 is 18.4 Å². The van der Waals surface area contributed by atoms with Crippen LogP contribution >= 0.6 is 0 Å². The summed E-state index contributed by atoms with van der Waals surface area (Å²) in [7, 11) is 0. The van der Waals surface area contributed by atoms with Crippen LogP contribution in [0.5, 0.6) is 11.5 Å². The normalized spacial score (nSPS) is 29.9. The van der Waals surface area contributed by atoms with Gasteiger partial charge in [0.1, 0.15) is 17.6 Å². The quantitative estimate of drug-likeness (QED) is 0.165. The van der Waals surface area contributed by atoms with Gasteiger partial charge in [0, 0.05) is 0 Å². The van der Waals surface area contributed by atoms with Gasteiger partial charge in [-0.3, -0.25) is 4.79 Å². The molecule has 0 radical (unpaired) electrons. The first kappa shape index (κ1) is 31.3. The fourth-order valence-electron chi connectivity index (χ4n) is 5.94. The summed E-state index contributed by atoms with van der Waals surface area (Å²) in [6.07, 6.45) is 6.76. The first-order chi connectivity index (χ1) is 19.5. The largest absolute Gasteiger partial charge is 0.573 e. The molecule has 0 N–H and O–H groups in total. The molecule has 3 aliphatic rings. The van der Waals surface area contributed by atoms with E-state index in [1.165, 1.54) is 25.7 Å². The molecule has 1 heterocycles.